The van der Waals surface area contributed by atoms with Crippen LogP contribution in [0.2, 0.25) is 0 Å². The van der Waals surface area contributed by atoms with Gasteiger partial charge in [0.15, 0.2) is 0 Å². The maximum atomic E-state index is 10.3. The Hall–Kier alpha value is -7.24. The molecule has 0 bridgehead atoms. The smallest absolute Gasteiger partial charge is 0.136 e. The molecule has 0 saturated heterocycles. The number of aliphatic hydroxyl groups is 2. The highest BCUT2D eigenvalue weighted by molar-refractivity contribution is 6.12. The lowest BCUT2D eigenvalue weighted by Crippen LogP contribution is -1.98. The van der Waals surface area contributed by atoms with E-state index in [4.69, 9.17) is 9.47 Å². The van der Waals surface area contributed by atoms with Gasteiger partial charge < -0.3 is 19.7 Å². The Bertz CT molecular complexity index is 2940. The maximum Gasteiger partial charge on any atom is 0.136 e. The zero-order chi connectivity index (χ0) is 39.0. The van der Waals surface area contributed by atoms with Crippen LogP contribution < -0.4 is 9.47 Å². The quantitative estimate of drug-likeness (QED) is 0.154. The molecule has 10 aromatic carbocycles. The van der Waals surface area contributed by atoms with Crippen molar-refractivity contribution < 1.29 is 19.7 Å². The molecule has 0 radical (unpaired) electrons. The Morgan fingerprint density at radius 3 is 1.19 bits per heavy atom. The Morgan fingerprint density at radius 2 is 0.724 bits per heavy atom. The number of hydrogen-bond donors (Lipinski definition) is 2. The van der Waals surface area contributed by atoms with Crippen molar-refractivity contribution in [3.63, 3.8) is 0 Å². The predicted molar refractivity (Wildman–Crippen MR) is 238 cm³/mol. The third-order valence-electron chi connectivity index (χ3n) is 11.1. The summed E-state index contributed by atoms with van der Waals surface area (Å²) >= 11 is 0. The number of fused-ring (bicyclic) bond motifs is 4. The van der Waals surface area contributed by atoms with Crippen molar-refractivity contribution in [3.05, 3.63) is 205 Å². The molecule has 58 heavy (non-hydrogen) atoms. The van der Waals surface area contributed by atoms with Gasteiger partial charge in [-0.3, -0.25) is 0 Å². The van der Waals surface area contributed by atoms with Gasteiger partial charge in [-0.1, -0.05) is 158 Å². The van der Waals surface area contributed by atoms with Gasteiger partial charge in [-0.15, -0.1) is 0 Å². The van der Waals surface area contributed by atoms with Crippen molar-refractivity contribution in [1.82, 2.24) is 0 Å². The second-order valence-corrected chi connectivity index (χ2v) is 14.5. The van der Waals surface area contributed by atoms with E-state index in [1.54, 1.807) is 0 Å². The van der Waals surface area contributed by atoms with E-state index < -0.39 is 0 Å². The second-order valence-electron chi connectivity index (χ2n) is 14.5. The average molecular weight is 751 g/mol. The molecular weight excluding hydrogens is 713 g/mol. The van der Waals surface area contributed by atoms with Gasteiger partial charge in [0, 0.05) is 22.3 Å². The van der Waals surface area contributed by atoms with Crippen LogP contribution in [0, 0.1) is 0 Å². The Kier molecular flexibility index (Phi) is 9.11. The standard InChI is InChI=1S/C54H38O4/c55-33-41-13-3-7-21-49(41)57-51-29-25-39-31-37(45-19-9-15-35-11-1-5-17-43(35)45)23-27-47(39)53(51)54-48-28-24-38(46-20-10-16-36-12-2-6-18-44(36)46)32-40(48)26-30-52(54)58-50-22-8-4-14-42(50)34-56/h1-32,55-56H,33-34H2. The minimum absolute atomic E-state index is 0.162. The molecular formula is C54H38O4. The summed E-state index contributed by atoms with van der Waals surface area (Å²) in [4.78, 5) is 0. The highest BCUT2D eigenvalue weighted by atomic mass is 16.5. The lowest BCUT2D eigenvalue weighted by atomic mass is 9.89. The molecule has 4 nitrogen and oxygen atoms in total. The van der Waals surface area contributed by atoms with Crippen molar-refractivity contribution in [1.29, 1.82) is 0 Å². The summed E-state index contributed by atoms with van der Waals surface area (Å²) in [7, 11) is 0. The van der Waals surface area contributed by atoms with Crippen LogP contribution in [0.25, 0.3) is 76.5 Å². The third-order valence-corrected chi connectivity index (χ3v) is 11.1. The molecule has 10 aromatic rings. The fraction of sp³-hybridized carbons (Fsp3) is 0.0370. The normalized spacial score (nSPS) is 11.4. The summed E-state index contributed by atoms with van der Waals surface area (Å²) in [5.74, 6) is 2.39. The first-order valence-electron chi connectivity index (χ1n) is 19.5. The van der Waals surface area contributed by atoms with Crippen molar-refractivity contribution in [3.8, 4) is 56.4 Å². The fourth-order valence-corrected chi connectivity index (χ4v) is 8.30. The van der Waals surface area contributed by atoms with Crippen molar-refractivity contribution in [2.45, 2.75) is 13.2 Å². The van der Waals surface area contributed by atoms with Crippen LogP contribution in [-0.2, 0) is 13.2 Å². The molecule has 0 unspecified atom stereocenters. The van der Waals surface area contributed by atoms with E-state index in [-0.39, 0.29) is 13.2 Å². The first-order valence-corrected chi connectivity index (χ1v) is 19.5. The van der Waals surface area contributed by atoms with Crippen LogP contribution in [0.1, 0.15) is 11.1 Å². The highest BCUT2D eigenvalue weighted by Gasteiger charge is 2.22. The van der Waals surface area contributed by atoms with Gasteiger partial charge in [0.1, 0.15) is 23.0 Å². The van der Waals surface area contributed by atoms with Crippen LogP contribution in [0.5, 0.6) is 23.0 Å². The van der Waals surface area contributed by atoms with Crippen LogP contribution in [0.15, 0.2) is 194 Å². The summed E-state index contributed by atoms with van der Waals surface area (Å²) in [6, 6.07) is 66.5. The van der Waals surface area contributed by atoms with E-state index in [0.717, 1.165) is 54.9 Å². The molecule has 0 fully saturated rings. The molecule has 0 spiro atoms. The molecule has 4 heteroatoms. The van der Waals surface area contributed by atoms with Gasteiger partial charge in [-0.2, -0.15) is 0 Å². The molecule has 0 atom stereocenters. The molecule has 2 N–H and O–H groups in total. The summed E-state index contributed by atoms with van der Waals surface area (Å²) < 4.78 is 13.7. The molecule has 0 aliphatic carbocycles. The number of benzene rings is 10. The number of hydrogen-bond acceptors (Lipinski definition) is 4. The zero-order valence-electron chi connectivity index (χ0n) is 31.6. The number of ether oxygens (including phenoxy) is 2. The van der Waals surface area contributed by atoms with Crippen LogP contribution in [-0.4, -0.2) is 10.2 Å². The Morgan fingerprint density at radius 1 is 0.310 bits per heavy atom. The van der Waals surface area contributed by atoms with Gasteiger partial charge in [-0.25, -0.2) is 0 Å². The Balaban J connectivity index is 1.25. The van der Waals surface area contributed by atoms with Crippen LogP contribution >= 0.6 is 0 Å². The first-order chi connectivity index (χ1) is 28.7. The first kappa shape index (κ1) is 35.2. The molecule has 0 aromatic heterocycles. The van der Waals surface area contributed by atoms with Crippen molar-refractivity contribution in [2.75, 3.05) is 0 Å². The molecule has 278 valence electrons. The lowest BCUT2D eigenvalue weighted by molar-refractivity contribution is 0.276. The minimum atomic E-state index is -0.162. The van der Waals surface area contributed by atoms with Crippen LogP contribution in [0.4, 0.5) is 0 Å². The highest BCUT2D eigenvalue weighted by Crippen LogP contribution is 2.49. The van der Waals surface area contributed by atoms with Gasteiger partial charge >= 0.3 is 0 Å². The van der Waals surface area contributed by atoms with E-state index in [2.05, 4.69) is 133 Å². The topological polar surface area (TPSA) is 58.9 Å². The summed E-state index contributed by atoms with van der Waals surface area (Å²) in [5, 5.41) is 29.5. The largest absolute Gasteiger partial charge is 0.456 e. The number of para-hydroxylation sites is 2. The van der Waals surface area contributed by atoms with Crippen molar-refractivity contribution >= 4 is 43.1 Å². The molecule has 10 rings (SSSR count). The average Bonchev–Trinajstić information content (AvgIpc) is 3.28. The summed E-state index contributed by atoms with van der Waals surface area (Å²) in [5.41, 5.74) is 7.63. The molecule has 0 amide bonds. The number of aliphatic hydroxyl groups excluding tert-OH is 2. The second kappa shape index (κ2) is 15.0. The van der Waals surface area contributed by atoms with E-state index in [1.165, 1.54) is 21.5 Å². The van der Waals surface area contributed by atoms with Gasteiger partial charge in [0.2, 0.25) is 0 Å². The summed E-state index contributed by atoms with van der Waals surface area (Å²) in [6.07, 6.45) is 0. The van der Waals surface area contributed by atoms with E-state index in [1.807, 2.05) is 60.7 Å². The molecule has 0 saturated carbocycles. The van der Waals surface area contributed by atoms with Crippen molar-refractivity contribution in [2.24, 2.45) is 0 Å². The van der Waals surface area contributed by atoms with E-state index in [0.29, 0.717) is 34.1 Å². The molecule has 0 aliphatic heterocycles. The summed E-state index contributed by atoms with van der Waals surface area (Å²) in [6.45, 7) is -0.323. The maximum absolute atomic E-state index is 10.3. The van der Waals surface area contributed by atoms with Gasteiger partial charge in [-0.05, 0) is 102 Å². The fourth-order valence-electron chi connectivity index (χ4n) is 8.30. The predicted octanol–water partition coefficient (Wildman–Crippen LogP) is 13.9. The molecule has 0 heterocycles. The van der Waals surface area contributed by atoms with Gasteiger partial charge in [0.25, 0.3) is 0 Å². The minimum Gasteiger partial charge on any atom is -0.456 e. The zero-order valence-corrected chi connectivity index (χ0v) is 31.6. The van der Waals surface area contributed by atoms with E-state index >= 15 is 0 Å². The lowest BCUT2D eigenvalue weighted by Gasteiger charge is -2.21. The third kappa shape index (κ3) is 6.31. The van der Waals surface area contributed by atoms with Gasteiger partial charge in [0.05, 0.1) is 13.2 Å². The number of rotatable bonds is 9. The van der Waals surface area contributed by atoms with E-state index in [9.17, 15) is 10.2 Å². The van der Waals surface area contributed by atoms with Crippen LogP contribution in [0.3, 0.4) is 0 Å². The molecule has 0 aliphatic rings. The SMILES string of the molecule is OCc1ccccc1Oc1ccc2cc(-c3cccc4ccccc34)ccc2c1-c1c(Oc2ccccc2CO)ccc2cc(-c3cccc4ccccc34)ccc12. The monoisotopic (exact) mass is 750 g/mol. The Labute approximate surface area is 336 Å².